The summed E-state index contributed by atoms with van der Waals surface area (Å²) in [6, 6.07) is 17.4. The molecule has 0 aliphatic carbocycles. The van der Waals surface area contributed by atoms with Crippen LogP contribution in [-0.4, -0.2) is 35.7 Å². The van der Waals surface area contributed by atoms with Crippen molar-refractivity contribution in [2.75, 3.05) is 0 Å². The number of aromatic amines is 2. The van der Waals surface area contributed by atoms with Crippen LogP contribution in [0.15, 0.2) is 64.5 Å². The van der Waals surface area contributed by atoms with E-state index in [4.69, 9.17) is 4.98 Å². The van der Waals surface area contributed by atoms with Crippen LogP contribution in [0, 0.1) is 6.92 Å². The van der Waals surface area contributed by atoms with E-state index in [1.165, 1.54) is 0 Å². The Morgan fingerprint density at radius 2 is 1.66 bits per heavy atom. The number of imidazole rings is 1. The minimum Gasteiger partial charge on any atom is -0.478 e. The number of benzene rings is 3. The van der Waals surface area contributed by atoms with Gasteiger partial charge in [0.15, 0.2) is 11.0 Å². The van der Waals surface area contributed by atoms with Gasteiger partial charge in [-0.05, 0) is 40.8 Å². The summed E-state index contributed by atoms with van der Waals surface area (Å²) in [5, 5.41) is 10.9. The van der Waals surface area contributed by atoms with Crippen LogP contribution in [0.1, 0.15) is 29.8 Å². The Hall–Kier alpha value is -3.69. The van der Waals surface area contributed by atoms with Crippen LogP contribution in [-0.2, 0) is 0 Å². The number of hydrogen-bond donors (Lipinski definition) is 3. The highest BCUT2D eigenvalue weighted by atomic mass is 32.2. The minimum atomic E-state index is -0.996. The predicted molar refractivity (Wildman–Crippen MR) is 141 cm³/mol. The van der Waals surface area contributed by atoms with Gasteiger partial charge in [-0.2, -0.15) is 4.98 Å². The van der Waals surface area contributed by atoms with Crippen LogP contribution in [0.5, 0.6) is 0 Å². The summed E-state index contributed by atoms with van der Waals surface area (Å²) < 4.78 is 2.97. The molecule has 0 fully saturated rings. The molecule has 7 nitrogen and oxygen atoms in total. The molecule has 0 saturated carbocycles. The molecular weight excluding hydrogens is 480 g/mol. The number of rotatable bonds is 6. The van der Waals surface area contributed by atoms with Gasteiger partial charge in [0.05, 0.1) is 16.6 Å². The van der Waals surface area contributed by atoms with E-state index in [2.05, 4.69) is 28.2 Å². The molecule has 0 saturated heterocycles. The number of aromatic carboxylic acids is 1. The molecule has 2 aromatic heterocycles. The molecule has 176 valence electrons. The molecule has 0 radical (unpaired) electrons. The van der Waals surface area contributed by atoms with Crippen molar-refractivity contribution in [1.29, 1.82) is 0 Å². The van der Waals surface area contributed by atoms with E-state index in [0.29, 0.717) is 27.3 Å². The first-order chi connectivity index (χ1) is 16.8. The Labute approximate surface area is 209 Å². The smallest absolute Gasteiger partial charge is 0.344 e. The maximum Gasteiger partial charge on any atom is 0.344 e. The van der Waals surface area contributed by atoms with Crippen LogP contribution in [0.3, 0.4) is 0 Å². The van der Waals surface area contributed by atoms with Gasteiger partial charge in [0.2, 0.25) is 0 Å². The molecule has 5 aromatic rings. The molecule has 5 rings (SSSR count). The van der Waals surface area contributed by atoms with Crippen molar-refractivity contribution in [3.05, 3.63) is 75.4 Å². The highest BCUT2D eigenvalue weighted by Gasteiger charge is 2.20. The van der Waals surface area contributed by atoms with Gasteiger partial charge in [-0.1, -0.05) is 74.1 Å². The van der Waals surface area contributed by atoms with Gasteiger partial charge in [0.25, 0.3) is 0 Å². The third-order valence-corrected chi connectivity index (χ3v) is 7.15. The average Bonchev–Trinajstić information content (AvgIpc) is 3.45. The molecule has 0 unspecified atom stereocenters. The standard InChI is InChI=1S/C26H22N4O3S2/c1-13(2)34-25-27-21-14(3)19(12-20(24(31)32)22(21)28-25)16-10-8-15(9-11-16)17-6-4-5-7-18(17)23-29-26(33)35-30-23/h4-13H,1-3H3,(H,27,28)(H,31,32)(H,29,30,33). The van der Waals surface area contributed by atoms with E-state index in [9.17, 15) is 14.7 Å². The van der Waals surface area contributed by atoms with Gasteiger partial charge in [-0.25, -0.2) is 9.78 Å². The number of carboxylic acids is 1. The number of carboxylic acid groups (broad SMARTS) is 1. The minimum absolute atomic E-state index is 0.200. The van der Waals surface area contributed by atoms with Crippen molar-refractivity contribution in [3.63, 3.8) is 0 Å². The zero-order chi connectivity index (χ0) is 24.7. The molecule has 0 aliphatic rings. The van der Waals surface area contributed by atoms with E-state index >= 15 is 0 Å². The van der Waals surface area contributed by atoms with Gasteiger partial charge in [-0.15, -0.1) is 0 Å². The lowest BCUT2D eigenvalue weighted by molar-refractivity contribution is 0.0699. The molecule has 35 heavy (non-hydrogen) atoms. The normalized spacial score (nSPS) is 11.4. The zero-order valence-electron chi connectivity index (χ0n) is 19.2. The SMILES string of the molecule is Cc1c(-c2ccc(-c3ccccc3-c3nc(=O)s[nH]3)cc2)cc(C(=O)O)c2[nH]c(SC(C)C)nc12. The number of nitrogens with zero attached hydrogens (tertiary/aromatic N) is 2. The van der Waals surface area contributed by atoms with Crippen LogP contribution >= 0.6 is 23.3 Å². The van der Waals surface area contributed by atoms with Gasteiger partial charge in [0.1, 0.15) is 0 Å². The van der Waals surface area contributed by atoms with Crippen molar-refractivity contribution in [2.24, 2.45) is 0 Å². The fourth-order valence-electron chi connectivity index (χ4n) is 4.13. The molecule has 0 amide bonds. The fraction of sp³-hybridized carbons (Fsp3) is 0.154. The fourth-order valence-corrected chi connectivity index (χ4v) is 5.36. The lowest BCUT2D eigenvalue weighted by Crippen LogP contribution is -2.00. The molecule has 3 N–H and O–H groups in total. The second-order valence-corrected chi connectivity index (χ2v) is 10.7. The predicted octanol–water partition coefficient (Wildman–Crippen LogP) is 6.22. The monoisotopic (exact) mass is 502 g/mol. The van der Waals surface area contributed by atoms with Crippen molar-refractivity contribution in [2.45, 2.75) is 31.2 Å². The number of thioether (sulfide) groups is 1. The Morgan fingerprint density at radius 3 is 2.26 bits per heavy atom. The molecule has 0 atom stereocenters. The summed E-state index contributed by atoms with van der Waals surface area (Å²) >= 11 is 2.53. The summed E-state index contributed by atoms with van der Waals surface area (Å²) in [7, 11) is 0. The number of nitrogens with one attached hydrogen (secondary N) is 2. The maximum atomic E-state index is 12.1. The molecule has 9 heteroatoms. The molecule has 0 bridgehead atoms. The Morgan fingerprint density at radius 1 is 1.00 bits per heavy atom. The van der Waals surface area contributed by atoms with Crippen molar-refractivity contribution < 1.29 is 9.90 Å². The highest BCUT2D eigenvalue weighted by Crippen LogP contribution is 2.36. The first kappa shape index (κ1) is 23.1. The van der Waals surface area contributed by atoms with E-state index in [1.54, 1.807) is 17.8 Å². The third-order valence-electron chi connectivity index (χ3n) is 5.70. The first-order valence-electron chi connectivity index (χ1n) is 11.0. The summed E-state index contributed by atoms with van der Waals surface area (Å²) in [6.07, 6.45) is 0. The van der Waals surface area contributed by atoms with Gasteiger partial charge < -0.3 is 10.1 Å². The third kappa shape index (κ3) is 4.40. The lowest BCUT2D eigenvalue weighted by Gasteiger charge is -2.11. The Kier molecular flexibility index (Phi) is 6.04. The van der Waals surface area contributed by atoms with Gasteiger partial charge >= 0.3 is 10.8 Å². The number of carbonyl (C=O) groups is 1. The Balaban J connectivity index is 1.59. The number of hydrogen-bond acceptors (Lipinski definition) is 6. The van der Waals surface area contributed by atoms with Gasteiger partial charge in [0, 0.05) is 22.3 Å². The van der Waals surface area contributed by atoms with Crippen LogP contribution in [0.25, 0.3) is 44.7 Å². The topological polar surface area (TPSA) is 112 Å². The van der Waals surface area contributed by atoms with E-state index in [0.717, 1.165) is 44.9 Å². The summed E-state index contributed by atoms with van der Waals surface area (Å²) in [5.41, 5.74) is 6.82. The highest BCUT2D eigenvalue weighted by molar-refractivity contribution is 7.99. The van der Waals surface area contributed by atoms with Crippen LogP contribution in [0.4, 0.5) is 0 Å². The zero-order valence-corrected chi connectivity index (χ0v) is 20.9. The summed E-state index contributed by atoms with van der Waals surface area (Å²) in [6.45, 7) is 6.11. The molecule has 2 heterocycles. The number of fused-ring (bicyclic) bond motifs is 1. The van der Waals surface area contributed by atoms with Crippen LogP contribution in [0.2, 0.25) is 0 Å². The first-order valence-corrected chi connectivity index (χ1v) is 12.7. The molecule has 0 spiro atoms. The van der Waals surface area contributed by atoms with Crippen molar-refractivity contribution >= 4 is 40.3 Å². The molecule has 0 aliphatic heterocycles. The van der Waals surface area contributed by atoms with E-state index < -0.39 is 5.97 Å². The van der Waals surface area contributed by atoms with Crippen molar-refractivity contribution in [1.82, 2.24) is 19.3 Å². The Bertz CT molecular complexity index is 1610. The molecule has 3 aromatic carbocycles. The number of aromatic nitrogens is 4. The lowest BCUT2D eigenvalue weighted by atomic mass is 9.93. The summed E-state index contributed by atoms with van der Waals surface area (Å²) in [5.74, 6) is -0.454. The molecular formula is C26H22N4O3S2. The quantitative estimate of drug-likeness (QED) is 0.238. The second kappa shape index (κ2) is 9.16. The van der Waals surface area contributed by atoms with E-state index in [-0.39, 0.29) is 10.4 Å². The summed E-state index contributed by atoms with van der Waals surface area (Å²) in [4.78, 5) is 35.4. The van der Waals surface area contributed by atoms with Gasteiger partial charge in [-0.3, -0.25) is 9.17 Å². The maximum absolute atomic E-state index is 12.1. The average molecular weight is 503 g/mol. The largest absolute Gasteiger partial charge is 0.478 e. The van der Waals surface area contributed by atoms with Crippen molar-refractivity contribution in [3.8, 4) is 33.6 Å². The number of H-pyrrole nitrogens is 2. The van der Waals surface area contributed by atoms with Crippen LogP contribution < -0.4 is 4.87 Å². The van der Waals surface area contributed by atoms with E-state index in [1.807, 2.05) is 55.5 Å². The second-order valence-electron chi connectivity index (χ2n) is 8.39. The number of aryl methyl sites for hydroxylation is 1.